The van der Waals surface area contributed by atoms with E-state index in [1.165, 1.54) is 24.6 Å². The third kappa shape index (κ3) is 4.12. The summed E-state index contributed by atoms with van der Waals surface area (Å²) in [5.41, 5.74) is 0. The lowest BCUT2D eigenvalue weighted by atomic mass is 10.2. The number of carboxylic acid groups (broad SMARTS) is 1. The Morgan fingerprint density at radius 2 is 2.05 bits per heavy atom. The average Bonchev–Trinajstić information content (AvgIpc) is 3.12. The number of hydrogen-bond donors (Lipinski definition) is 1. The van der Waals surface area contributed by atoms with Crippen molar-refractivity contribution in [3.63, 3.8) is 0 Å². The van der Waals surface area contributed by atoms with Gasteiger partial charge in [-0.2, -0.15) is 0 Å². The van der Waals surface area contributed by atoms with Crippen molar-refractivity contribution in [3.8, 4) is 0 Å². The first-order valence-electron chi connectivity index (χ1n) is 7.46. The van der Waals surface area contributed by atoms with Crippen LogP contribution in [0.25, 0.3) is 0 Å². The summed E-state index contributed by atoms with van der Waals surface area (Å²) in [6, 6.07) is 0.770. The first-order valence-corrected chi connectivity index (χ1v) is 8.44. The fraction of sp³-hybridized carbons (Fsp3) is 0.786. The fourth-order valence-corrected chi connectivity index (χ4v) is 3.10. The van der Waals surface area contributed by atoms with Gasteiger partial charge < -0.3 is 10.0 Å². The number of rotatable bonds is 8. The van der Waals surface area contributed by atoms with Crippen molar-refractivity contribution in [1.82, 2.24) is 14.8 Å². The van der Waals surface area contributed by atoms with Crippen LogP contribution >= 0.6 is 11.8 Å². The summed E-state index contributed by atoms with van der Waals surface area (Å²) in [5.74, 6) is 0.617. The van der Waals surface area contributed by atoms with Gasteiger partial charge >= 0.3 is 5.97 Å². The summed E-state index contributed by atoms with van der Waals surface area (Å²) in [6.07, 6.45) is 2.41. The highest BCUT2D eigenvalue weighted by Gasteiger charge is 2.33. The molecule has 1 aromatic rings. The van der Waals surface area contributed by atoms with Gasteiger partial charge in [-0.25, -0.2) is 0 Å². The zero-order valence-corrected chi connectivity index (χ0v) is 13.9. The molecule has 1 N–H and O–H groups in total. The Hall–Kier alpha value is -1.24. The minimum absolute atomic E-state index is 0.0124. The molecule has 1 aliphatic carbocycles. The van der Waals surface area contributed by atoms with Gasteiger partial charge in [0.2, 0.25) is 5.95 Å². The molecule has 1 aromatic heterocycles. The van der Waals surface area contributed by atoms with Crippen LogP contribution in [0, 0.1) is 5.92 Å². The van der Waals surface area contributed by atoms with Gasteiger partial charge in [0.1, 0.15) is 0 Å². The normalized spacial score (nSPS) is 15.0. The van der Waals surface area contributed by atoms with Crippen LogP contribution in [0.4, 0.5) is 5.95 Å². The van der Waals surface area contributed by atoms with E-state index in [0.29, 0.717) is 17.1 Å². The summed E-state index contributed by atoms with van der Waals surface area (Å²) in [6.45, 7) is 9.52. The summed E-state index contributed by atoms with van der Waals surface area (Å²) >= 11 is 1.24. The molecule has 1 saturated carbocycles. The Morgan fingerprint density at radius 1 is 1.38 bits per heavy atom. The van der Waals surface area contributed by atoms with Gasteiger partial charge in [0.25, 0.3) is 0 Å². The second-order valence-electron chi connectivity index (χ2n) is 6.21. The molecule has 6 nitrogen and oxygen atoms in total. The Balaban J connectivity index is 2.26. The predicted octanol–water partition coefficient (Wildman–Crippen LogP) is 2.66. The Kier molecular flexibility index (Phi) is 5.13. The fourth-order valence-electron chi connectivity index (χ4n) is 2.32. The molecular formula is C14H24N4O2S. The van der Waals surface area contributed by atoms with E-state index in [1.807, 2.05) is 0 Å². The van der Waals surface area contributed by atoms with E-state index in [4.69, 9.17) is 5.11 Å². The molecule has 1 fully saturated rings. The van der Waals surface area contributed by atoms with E-state index in [-0.39, 0.29) is 11.8 Å². The molecule has 0 saturated heterocycles. The van der Waals surface area contributed by atoms with E-state index in [1.54, 1.807) is 0 Å². The number of carbonyl (C=O) groups is 1. The number of aliphatic carboxylic acids is 1. The summed E-state index contributed by atoms with van der Waals surface area (Å²) in [4.78, 5) is 13.1. The molecule has 0 bridgehead atoms. The molecule has 0 radical (unpaired) electrons. The number of hydrogen-bond acceptors (Lipinski definition) is 5. The highest BCUT2D eigenvalue weighted by atomic mass is 32.2. The van der Waals surface area contributed by atoms with Gasteiger partial charge in [0.05, 0.1) is 5.75 Å². The topological polar surface area (TPSA) is 71.2 Å². The first kappa shape index (κ1) is 16.1. The molecule has 0 atom stereocenters. The monoisotopic (exact) mass is 312 g/mol. The maximum Gasteiger partial charge on any atom is 0.313 e. The van der Waals surface area contributed by atoms with E-state index in [2.05, 4.69) is 47.4 Å². The Labute approximate surface area is 129 Å². The minimum Gasteiger partial charge on any atom is -0.481 e. The van der Waals surface area contributed by atoms with Crippen LogP contribution in [-0.2, 0) is 4.79 Å². The second kappa shape index (κ2) is 6.68. The third-order valence-corrected chi connectivity index (χ3v) is 4.22. The largest absolute Gasteiger partial charge is 0.481 e. The zero-order chi connectivity index (χ0) is 15.6. The van der Waals surface area contributed by atoms with Crippen molar-refractivity contribution in [1.29, 1.82) is 0 Å². The van der Waals surface area contributed by atoms with Crippen molar-refractivity contribution in [2.45, 2.75) is 57.8 Å². The lowest BCUT2D eigenvalue weighted by Gasteiger charge is -2.27. The molecule has 0 spiro atoms. The lowest BCUT2D eigenvalue weighted by Crippen LogP contribution is -2.32. The quantitative estimate of drug-likeness (QED) is 0.744. The van der Waals surface area contributed by atoms with Gasteiger partial charge in [0.15, 0.2) is 5.16 Å². The summed E-state index contributed by atoms with van der Waals surface area (Å²) in [7, 11) is 0. The Morgan fingerprint density at radius 3 is 2.52 bits per heavy atom. The van der Waals surface area contributed by atoms with E-state index in [9.17, 15) is 4.79 Å². The van der Waals surface area contributed by atoms with Crippen LogP contribution in [0.1, 0.15) is 46.6 Å². The van der Waals surface area contributed by atoms with Crippen LogP contribution < -0.4 is 4.90 Å². The first-order chi connectivity index (χ1) is 9.90. The molecule has 0 amide bonds. The molecule has 1 aliphatic rings. The van der Waals surface area contributed by atoms with Crippen molar-refractivity contribution < 1.29 is 9.90 Å². The van der Waals surface area contributed by atoms with Gasteiger partial charge in [-0.15, -0.1) is 10.2 Å². The van der Waals surface area contributed by atoms with Crippen molar-refractivity contribution in [3.05, 3.63) is 0 Å². The van der Waals surface area contributed by atoms with Crippen LogP contribution in [0.15, 0.2) is 5.16 Å². The maximum atomic E-state index is 10.8. The maximum absolute atomic E-state index is 10.8. The minimum atomic E-state index is -0.832. The zero-order valence-electron chi connectivity index (χ0n) is 13.1. The molecule has 0 unspecified atom stereocenters. The summed E-state index contributed by atoms with van der Waals surface area (Å²) in [5, 5.41) is 18.1. The molecule has 0 aromatic carbocycles. The standard InChI is InChI=1S/C14H24N4O2S/c1-9(2)7-17(11-5-6-11)13-15-16-14(18(13)10(3)4)21-8-12(19)20/h9-11H,5-8H2,1-4H3,(H,19,20). The molecule has 118 valence electrons. The van der Waals surface area contributed by atoms with Crippen LogP contribution in [0.3, 0.4) is 0 Å². The lowest BCUT2D eigenvalue weighted by molar-refractivity contribution is -0.133. The third-order valence-electron chi connectivity index (χ3n) is 3.29. The van der Waals surface area contributed by atoms with E-state index < -0.39 is 5.97 Å². The van der Waals surface area contributed by atoms with Crippen LogP contribution in [0.5, 0.6) is 0 Å². The van der Waals surface area contributed by atoms with E-state index >= 15 is 0 Å². The van der Waals surface area contributed by atoms with E-state index in [0.717, 1.165) is 12.5 Å². The van der Waals surface area contributed by atoms with Crippen molar-refractivity contribution in [2.24, 2.45) is 5.92 Å². The Bertz CT molecular complexity index is 497. The average molecular weight is 312 g/mol. The predicted molar refractivity (Wildman–Crippen MR) is 84.0 cm³/mol. The highest BCUT2D eigenvalue weighted by Crippen LogP contribution is 2.34. The van der Waals surface area contributed by atoms with Crippen LogP contribution in [-0.4, -0.2) is 44.2 Å². The molecular weight excluding hydrogens is 288 g/mol. The smallest absolute Gasteiger partial charge is 0.313 e. The van der Waals surface area contributed by atoms with Crippen molar-refractivity contribution in [2.75, 3.05) is 17.2 Å². The van der Waals surface area contributed by atoms with Crippen LogP contribution in [0.2, 0.25) is 0 Å². The number of carboxylic acids is 1. The number of nitrogens with zero attached hydrogens (tertiary/aromatic N) is 4. The molecule has 0 aliphatic heterocycles. The number of aromatic nitrogens is 3. The second-order valence-corrected chi connectivity index (χ2v) is 7.15. The molecule has 7 heteroatoms. The SMILES string of the molecule is CC(C)CN(c1nnc(SCC(=O)O)n1C(C)C)C1CC1. The van der Waals surface area contributed by atoms with Crippen molar-refractivity contribution >= 4 is 23.7 Å². The molecule has 1 heterocycles. The van der Waals surface area contributed by atoms with Gasteiger partial charge in [-0.1, -0.05) is 25.6 Å². The van der Waals surface area contributed by atoms with Gasteiger partial charge in [-0.05, 0) is 32.6 Å². The summed E-state index contributed by atoms with van der Waals surface area (Å²) < 4.78 is 2.06. The molecule has 2 rings (SSSR count). The number of thioether (sulfide) groups is 1. The molecule has 21 heavy (non-hydrogen) atoms. The van der Waals surface area contributed by atoms with Gasteiger partial charge in [-0.3, -0.25) is 9.36 Å². The number of anilines is 1. The van der Waals surface area contributed by atoms with Gasteiger partial charge in [0, 0.05) is 18.6 Å². The highest BCUT2D eigenvalue weighted by molar-refractivity contribution is 7.99.